The summed E-state index contributed by atoms with van der Waals surface area (Å²) in [6.45, 7) is 5.42. The molecule has 0 amide bonds. The van der Waals surface area contributed by atoms with Crippen molar-refractivity contribution in [2.24, 2.45) is 0 Å². The van der Waals surface area contributed by atoms with Crippen molar-refractivity contribution in [1.29, 1.82) is 0 Å². The van der Waals surface area contributed by atoms with Crippen molar-refractivity contribution < 1.29 is 19.1 Å². The zero-order chi connectivity index (χ0) is 21.2. The van der Waals surface area contributed by atoms with Crippen molar-refractivity contribution >= 4 is 46.2 Å². The number of anilines is 2. The van der Waals surface area contributed by atoms with Crippen molar-refractivity contribution in [2.75, 3.05) is 18.7 Å². The molecule has 0 atom stereocenters. The van der Waals surface area contributed by atoms with E-state index in [9.17, 15) is 9.59 Å². The minimum Gasteiger partial charge on any atom is -0.464 e. The van der Waals surface area contributed by atoms with Gasteiger partial charge in [0.05, 0.1) is 24.5 Å². The molecule has 2 heterocycles. The molecule has 0 fully saturated rings. The standard InChI is InChI=1S/C20H22N4O4S/c1-20(2,3)28-19(26)24-10-9-12-7-6-8-13(16(12)24)22-17-15(18(25)27-4)21-11-14(23-17)29-5/h6-11H,1-5H3,(H,22,23). The topological polar surface area (TPSA) is 95.3 Å². The maximum Gasteiger partial charge on any atom is 0.419 e. The van der Waals surface area contributed by atoms with E-state index in [0.717, 1.165) is 5.39 Å². The van der Waals surface area contributed by atoms with Gasteiger partial charge in [-0.25, -0.2) is 19.6 Å². The smallest absolute Gasteiger partial charge is 0.419 e. The Balaban J connectivity index is 2.09. The molecule has 1 N–H and O–H groups in total. The number of fused-ring (bicyclic) bond motifs is 1. The van der Waals surface area contributed by atoms with Crippen LogP contribution < -0.4 is 5.32 Å². The van der Waals surface area contributed by atoms with Crippen molar-refractivity contribution in [3.63, 3.8) is 0 Å². The fourth-order valence-electron chi connectivity index (χ4n) is 2.69. The highest BCUT2D eigenvalue weighted by Gasteiger charge is 2.22. The number of para-hydroxylation sites is 1. The first-order valence-corrected chi connectivity index (χ1v) is 10.1. The van der Waals surface area contributed by atoms with E-state index in [1.165, 1.54) is 29.6 Å². The Hall–Kier alpha value is -3.07. The highest BCUT2D eigenvalue weighted by Crippen LogP contribution is 2.29. The van der Waals surface area contributed by atoms with Gasteiger partial charge in [-0.3, -0.25) is 4.57 Å². The Labute approximate surface area is 172 Å². The van der Waals surface area contributed by atoms with Crippen LogP contribution in [0.25, 0.3) is 10.9 Å². The summed E-state index contributed by atoms with van der Waals surface area (Å²) in [5, 5.41) is 4.60. The lowest BCUT2D eigenvalue weighted by Crippen LogP contribution is -2.26. The lowest BCUT2D eigenvalue weighted by atomic mass is 10.2. The number of hydrogen-bond donors (Lipinski definition) is 1. The third-order valence-electron chi connectivity index (χ3n) is 3.89. The number of thioether (sulfide) groups is 1. The molecule has 0 unspecified atom stereocenters. The first-order chi connectivity index (χ1) is 13.7. The molecule has 0 aliphatic carbocycles. The maximum absolute atomic E-state index is 12.7. The molecular formula is C20H22N4O4S. The van der Waals surface area contributed by atoms with Gasteiger partial charge in [-0.2, -0.15) is 0 Å². The predicted molar refractivity (Wildman–Crippen MR) is 112 cm³/mol. The molecule has 29 heavy (non-hydrogen) atoms. The summed E-state index contributed by atoms with van der Waals surface area (Å²) < 4.78 is 11.7. The van der Waals surface area contributed by atoms with Crippen LogP contribution in [0.15, 0.2) is 41.7 Å². The first-order valence-electron chi connectivity index (χ1n) is 8.83. The van der Waals surface area contributed by atoms with Gasteiger partial charge >= 0.3 is 12.1 Å². The van der Waals surface area contributed by atoms with Crippen molar-refractivity contribution in [1.82, 2.24) is 14.5 Å². The molecule has 1 aromatic carbocycles. The number of ether oxygens (including phenoxy) is 2. The number of hydrogen-bond acceptors (Lipinski definition) is 8. The van der Waals surface area contributed by atoms with Crippen LogP contribution in [-0.4, -0.2) is 45.6 Å². The second kappa shape index (κ2) is 8.12. The van der Waals surface area contributed by atoms with Crippen molar-refractivity contribution in [3.8, 4) is 0 Å². The Morgan fingerprint density at radius 1 is 1.21 bits per heavy atom. The lowest BCUT2D eigenvalue weighted by Gasteiger charge is -2.20. The van der Waals surface area contributed by atoms with Crippen LogP contribution in [0.2, 0.25) is 0 Å². The predicted octanol–water partition coefficient (Wildman–Crippen LogP) is 4.47. The summed E-state index contributed by atoms with van der Waals surface area (Å²) >= 11 is 1.40. The van der Waals surface area contributed by atoms with Crippen LogP contribution in [0, 0.1) is 0 Å². The number of nitrogens with zero attached hydrogens (tertiary/aromatic N) is 3. The average molecular weight is 414 g/mol. The molecule has 0 saturated carbocycles. The van der Waals surface area contributed by atoms with Gasteiger partial charge < -0.3 is 14.8 Å². The fraction of sp³-hybridized carbons (Fsp3) is 0.300. The van der Waals surface area contributed by atoms with E-state index in [2.05, 4.69) is 15.3 Å². The van der Waals surface area contributed by atoms with Crippen molar-refractivity contribution in [3.05, 3.63) is 42.4 Å². The minimum atomic E-state index is -0.633. The average Bonchev–Trinajstić information content (AvgIpc) is 3.11. The number of esters is 1. The van der Waals surface area contributed by atoms with Gasteiger partial charge in [0.15, 0.2) is 11.5 Å². The number of carbonyl (C=O) groups is 2. The molecule has 8 nitrogen and oxygen atoms in total. The number of aromatic nitrogens is 3. The van der Waals surface area contributed by atoms with Gasteiger partial charge in [-0.15, -0.1) is 11.8 Å². The zero-order valence-electron chi connectivity index (χ0n) is 16.8. The fourth-order valence-corrected chi connectivity index (χ4v) is 3.03. The van der Waals surface area contributed by atoms with Crippen LogP contribution in [0.3, 0.4) is 0 Å². The molecule has 0 spiro atoms. The van der Waals surface area contributed by atoms with Gasteiger partial charge in [0.2, 0.25) is 0 Å². The van der Waals surface area contributed by atoms with E-state index < -0.39 is 17.7 Å². The van der Waals surface area contributed by atoms with Gasteiger partial charge in [0.25, 0.3) is 0 Å². The number of carbonyl (C=O) groups excluding carboxylic acids is 2. The molecule has 0 bridgehead atoms. The molecular weight excluding hydrogens is 392 g/mol. The van der Waals surface area contributed by atoms with E-state index in [-0.39, 0.29) is 11.5 Å². The van der Waals surface area contributed by atoms with Crippen LogP contribution in [-0.2, 0) is 9.47 Å². The van der Waals surface area contributed by atoms with Gasteiger partial charge in [0, 0.05) is 11.6 Å². The maximum atomic E-state index is 12.7. The van der Waals surface area contributed by atoms with E-state index in [1.807, 2.05) is 45.2 Å². The third kappa shape index (κ3) is 4.51. The number of rotatable bonds is 4. The van der Waals surface area contributed by atoms with Crippen LogP contribution in [0.1, 0.15) is 31.3 Å². The SMILES string of the molecule is COC(=O)c1ncc(SC)nc1Nc1cccc2ccn(C(=O)OC(C)(C)C)c12. The zero-order valence-corrected chi connectivity index (χ0v) is 17.7. The number of benzene rings is 1. The normalized spacial score (nSPS) is 11.3. The van der Waals surface area contributed by atoms with E-state index in [1.54, 1.807) is 12.3 Å². The molecule has 0 aliphatic rings. The summed E-state index contributed by atoms with van der Waals surface area (Å²) in [7, 11) is 1.28. The molecule has 9 heteroatoms. The Kier molecular flexibility index (Phi) is 5.78. The van der Waals surface area contributed by atoms with E-state index in [4.69, 9.17) is 9.47 Å². The first kappa shape index (κ1) is 20.7. The third-order valence-corrected chi connectivity index (χ3v) is 4.51. The Bertz CT molecular complexity index is 1070. The van der Waals surface area contributed by atoms with Crippen LogP contribution in [0.4, 0.5) is 16.3 Å². The van der Waals surface area contributed by atoms with E-state index >= 15 is 0 Å². The molecule has 0 aliphatic heterocycles. The van der Waals surface area contributed by atoms with E-state index in [0.29, 0.717) is 16.2 Å². The Morgan fingerprint density at radius 2 is 1.97 bits per heavy atom. The monoisotopic (exact) mass is 414 g/mol. The largest absolute Gasteiger partial charge is 0.464 e. The molecule has 3 aromatic rings. The molecule has 3 rings (SSSR count). The molecule has 0 radical (unpaired) electrons. The van der Waals surface area contributed by atoms with Gasteiger partial charge in [-0.1, -0.05) is 12.1 Å². The quantitative estimate of drug-likeness (QED) is 0.494. The molecule has 0 saturated heterocycles. The second-order valence-corrected chi connectivity index (χ2v) is 7.96. The van der Waals surface area contributed by atoms with Gasteiger partial charge in [0.1, 0.15) is 10.6 Å². The summed E-state index contributed by atoms with van der Waals surface area (Å²) in [4.78, 5) is 33.4. The second-order valence-electron chi connectivity index (χ2n) is 7.14. The summed E-state index contributed by atoms with van der Waals surface area (Å²) in [5.41, 5.74) is 0.606. The molecule has 2 aromatic heterocycles. The highest BCUT2D eigenvalue weighted by atomic mass is 32.2. The highest BCUT2D eigenvalue weighted by molar-refractivity contribution is 7.98. The Morgan fingerprint density at radius 3 is 2.62 bits per heavy atom. The summed E-state index contributed by atoms with van der Waals surface area (Å²) in [6, 6.07) is 7.33. The number of methoxy groups -OCH3 is 1. The van der Waals surface area contributed by atoms with Crippen LogP contribution >= 0.6 is 11.8 Å². The minimum absolute atomic E-state index is 0.0534. The number of nitrogens with one attached hydrogen (secondary N) is 1. The lowest BCUT2D eigenvalue weighted by molar-refractivity contribution is 0.0542. The van der Waals surface area contributed by atoms with Crippen molar-refractivity contribution in [2.45, 2.75) is 31.4 Å². The molecule has 152 valence electrons. The van der Waals surface area contributed by atoms with Gasteiger partial charge in [-0.05, 0) is 39.2 Å². The summed E-state index contributed by atoms with van der Waals surface area (Å²) in [6.07, 6.45) is 4.51. The van der Waals surface area contributed by atoms with Crippen LogP contribution in [0.5, 0.6) is 0 Å². The summed E-state index contributed by atoms with van der Waals surface area (Å²) in [5.74, 6) is -0.365.